The van der Waals surface area contributed by atoms with Crippen LogP contribution in [0.3, 0.4) is 0 Å². The number of amides is 1. The normalized spacial score (nSPS) is 15.7. The van der Waals surface area contributed by atoms with Gasteiger partial charge in [-0.3, -0.25) is 4.79 Å². The molecule has 0 bridgehead atoms. The van der Waals surface area contributed by atoms with E-state index in [-0.39, 0.29) is 5.91 Å². The standard InChI is InChI=1S/C13H21N3OS2/c1-3-15-12(17)10-9(14)11(18-2)13(19-10)16-8-6-4-5-7-8/h8,16H,3-7,14H2,1-2H3,(H,15,17). The number of thioether (sulfide) groups is 1. The lowest BCUT2D eigenvalue weighted by atomic mass is 10.2. The zero-order chi connectivity index (χ0) is 13.8. The molecular weight excluding hydrogens is 278 g/mol. The molecule has 1 aliphatic rings. The molecule has 0 aromatic carbocycles. The summed E-state index contributed by atoms with van der Waals surface area (Å²) in [5.74, 6) is -0.0697. The van der Waals surface area contributed by atoms with Crippen molar-refractivity contribution < 1.29 is 4.79 Å². The molecule has 4 N–H and O–H groups in total. The molecule has 1 aromatic heterocycles. The van der Waals surface area contributed by atoms with Crippen molar-refractivity contribution in [3.63, 3.8) is 0 Å². The molecule has 1 heterocycles. The molecule has 19 heavy (non-hydrogen) atoms. The van der Waals surface area contributed by atoms with E-state index in [0.29, 0.717) is 23.2 Å². The maximum absolute atomic E-state index is 12.0. The van der Waals surface area contributed by atoms with Crippen molar-refractivity contribution in [2.24, 2.45) is 0 Å². The lowest BCUT2D eigenvalue weighted by Gasteiger charge is -2.12. The molecule has 0 atom stereocenters. The Hall–Kier alpha value is -0.880. The van der Waals surface area contributed by atoms with Crippen molar-refractivity contribution >= 4 is 39.7 Å². The zero-order valence-electron chi connectivity index (χ0n) is 11.4. The van der Waals surface area contributed by atoms with Gasteiger partial charge in [-0.05, 0) is 26.0 Å². The van der Waals surface area contributed by atoms with Crippen LogP contribution in [0.15, 0.2) is 4.90 Å². The molecule has 1 aromatic rings. The Balaban J connectivity index is 2.22. The van der Waals surface area contributed by atoms with Crippen LogP contribution in [0, 0.1) is 0 Å². The number of nitrogens with one attached hydrogen (secondary N) is 2. The van der Waals surface area contributed by atoms with Crippen molar-refractivity contribution in [2.45, 2.75) is 43.5 Å². The molecule has 1 amide bonds. The highest BCUT2D eigenvalue weighted by Crippen LogP contribution is 2.42. The SMILES string of the molecule is CCNC(=O)c1sc(NC2CCCC2)c(SC)c1N. The van der Waals surface area contributed by atoms with Crippen LogP contribution in [0.1, 0.15) is 42.3 Å². The molecule has 1 saturated carbocycles. The van der Waals surface area contributed by atoms with Gasteiger partial charge in [0, 0.05) is 12.6 Å². The molecule has 4 nitrogen and oxygen atoms in total. The van der Waals surface area contributed by atoms with Gasteiger partial charge in [-0.25, -0.2) is 0 Å². The number of nitrogen functional groups attached to an aromatic ring is 1. The first kappa shape index (κ1) is 14.5. The second kappa shape index (κ2) is 6.52. The third kappa shape index (κ3) is 3.17. The smallest absolute Gasteiger partial charge is 0.263 e. The molecule has 6 heteroatoms. The van der Waals surface area contributed by atoms with Gasteiger partial charge in [0.2, 0.25) is 0 Å². The number of hydrogen-bond donors (Lipinski definition) is 3. The van der Waals surface area contributed by atoms with Crippen LogP contribution >= 0.6 is 23.1 Å². The van der Waals surface area contributed by atoms with E-state index < -0.39 is 0 Å². The summed E-state index contributed by atoms with van der Waals surface area (Å²) in [4.78, 5) is 13.6. The Morgan fingerprint density at radius 3 is 2.74 bits per heavy atom. The Morgan fingerprint density at radius 2 is 2.16 bits per heavy atom. The van der Waals surface area contributed by atoms with E-state index in [9.17, 15) is 4.79 Å². The predicted molar refractivity (Wildman–Crippen MR) is 84.4 cm³/mol. The summed E-state index contributed by atoms with van der Waals surface area (Å²) in [5.41, 5.74) is 6.72. The van der Waals surface area contributed by atoms with Crippen molar-refractivity contribution in [1.82, 2.24) is 5.32 Å². The summed E-state index contributed by atoms with van der Waals surface area (Å²) >= 11 is 3.08. The summed E-state index contributed by atoms with van der Waals surface area (Å²) in [6.45, 7) is 2.53. The van der Waals surface area contributed by atoms with Crippen LogP contribution in [-0.2, 0) is 0 Å². The number of carbonyl (C=O) groups is 1. The van der Waals surface area contributed by atoms with Crippen LogP contribution in [0.5, 0.6) is 0 Å². The van der Waals surface area contributed by atoms with E-state index in [0.717, 1.165) is 9.90 Å². The molecule has 1 aliphatic carbocycles. The van der Waals surface area contributed by atoms with Crippen LogP contribution < -0.4 is 16.4 Å². The van der Waals surface area contributed by atoms with Crippen LogP contribution in [0.4, 0.5) is 10.7 Å². The minimum atomic E-state index is -0.0697. The Labute approximate surface area is 122 Å². The fourth-order valence-electron chi connectivity index (χ4n) is 2.39. The Morgan fingerprint density at radius 1 is 1.47 bits per heavy atom. The highest BCUT2D eigenvalue weighted by atomic mass is 32.2. The van der Waals surface area contributed by atoms with E-state index in [4.69, 9.17) is 5.73 Å². The summed E-state index contributed by atoms with van der Waals surface area (Å²) in [6, 6.07) is 0.533. The number of hydrogen-bond acceptors (Lipinski definition) is 5. The van der Waals surface area contributed by atoms with Gasteiger partial charge in [0.15, 0.2) is 0 Å². The van der Waals surface area contributed by atoms with Crippen LogP contribution in [-0.4, -0.2) is 24.7 Å². The average Bonchev–Trinajstić information content (AvgIpc) is 2.98. The van der Waals surface area contributed by atoms with E-state index in [2.05, 4.69) is 10.6 Å². The highest BCUT2D eigenvalue weighted by Gasteiger charge is 2.23. The molecule has 0 unspecified atom stereocenters. The summed E-state index contributed by atoms with van der Waals surface area (Å²) in [6.07, 6.45) is 7.00. The lowest BCUT2D eigenvalue weighted by molar-refractivity contribution is 0.0960. The molecule has 1 fully saturated rings. The van der Waals surface area contributed by atoms with Gasteiger partial charge in [0.1, 0.15) is 9.88 Å². The second-order valence-electron chi connectivity index (χ2n) is 4.69. The minimum Gasteiger partial charge on any atom is -0.396 e. The fourth-order valence-corrected chi connectivity index (χ4v) is 4.41. The van der Waals surface area contributed by atoms with Crippen molar-refractivity contribution in [3.8, 4) is 0 Å². The maximum atomic E-state index is 12.0. The Bertz CT molecular complexity index is 453. The summed E-state index contributed by atoms with van der Waals surface area (Å²) in [5, 5.41) is 7.43. The number of nitrogens with two attached hydrogens (primary N) is 1. The number of anilines is 2. The molecule has 2 rings (SSSR count). The first-order valence-electron chi connectivity index (χ1n) is 6.68. The Kier molecular flexibility index (Phi) is 4.99. The number of carbonyl (C=O) groups excluding carboxylic acids is 1. The van der Waals surface area contributed by atoms with Crippen molar-refractivity contribution in [2.75, 3.05) is 23.9 Å². The third-order valence-corrected chi connectivity index (χ3v) is 5.43. The predicted octanol–water partition coefficient (Wildman–Crippen LogP) is 3.16. The minimum absolute atomic E-state index is 0.0697. The fraction of sp³-hybridized carbons (Fsp3) is 0.615. The van der Waals surface area contributed by atoms with E-state index in [1.54, 1.807) is 11.8 Å². The lowest BCUT2D eigenvalue weighted by Crippen LogP contribution is -2.22. The van der Waals surface area contributed by atoms with Crippen molar-refractivity contribution in [3.05, 3.63) is 4.88 Å². The van der Waals surface area contributed by atoms with Gasteiger partial charge in [0.05, 0.1) is 10.6 Å². The van der Waals surface area contributed by atoms with Gasteiger partial charge < -0.3 is 16.4 Å². The molecule has 0 aliphatic heterocycles. The average molecular weight is 299 g/mol. The van der Waals surface area contributed by atoms with E-state index in [1.165, 1.54) is 37.0 Å². The van der Waals surface area contributed by atoms with Gasteiger partial charge in [-0.15, -0.1) is 23.1 Å². The molecule has 106 valence electrons. The molecule has 0 saturated heterocycles. The second-order valence-corrected chi connectivity index (χ2v) is 6.53. The van der Waals surface area contributed by atoms with Gasteiger partial charge in [-0.1, -0.05) is 12.8 Å². The monoisotopic (exact) mass is 299 g/mol. The maximum Gasteiger partial charge on any atom is 0.263 e. The largest absolute Gasteiger partial charge is 0.396 e. The van der Waals surface area contributed by atoms with Gasteiger partial charge >= 0.3 is 0 Å². The quantitative estimate of drug-likeness (QED) is 0.731. The number of thiophene rings is 1. The third-order valence-electron chi connectivity index (χ3n) is 3.34. The summed E-state index contributed by atoms with van der Waals surface area (Å²) < 4.78 is 0. The highest BCUT2D eigenvalue weighted by molar-refractivity contribution is 7.99. The summed E-state index contributed by atoms with van der Waals surface area (Å²) in [7, 11) is 0. The molecule has 0 spiro atoms. The first-order chi connectivity index (χ1) is 9.17. The van der Waals surface area contributed by atoms with Crippen LogP contribution in [0.25, 0.3) is 0 Å². The molecule has 0 radical (unpaired) electrons. The zero-order valence-corrected chi connectivity index (χ0v) is 13.0. The number of rotatable bonds is 5. The van der Waals surface area contributed by atoms with Gasteiger partial charge in [0.25, 0.3) is 5.91 Å². The first-order valence-corrected chi connectivity index (χ1v) is 8.72. The molecular formula is C13H21N3OS2. The van der Waals surface area contributed by atoms with E-state index in [1.807, 2.05) is 13.2 Å². The van der Waals surface area contributed by atoms with Gasteiger partial charge in [-0.2, -0.15) is 0 Å². The topological polar surface area (TPSA) is 67.2 Å². The van der Waals surface area contributed by atoms with Crippen LogP contribution in [0.2, 0.25) is 0 Å². The van der Waals surface area contributed by atoms with Crippen molar-refractivity contribution in [1.29, 1.82) is 0 Å². The van der Waals surface area contributed by atoms with E-state index >= 15 is 0 Å².